The molecule has 1 aliphatic heterocycles. The van der Waals surface area contributed by atoms with Crippen molar-refractivity contribution in [1.29, 1.82) is 0 Å². The van der Waals surface area contributed by atoms with E-state index in [1.165, 1.54) is 12.1 Å². The van der Waals surface area contributed by atoms with Crippen LogP contribution in [0, 0.1) is 0 Å². The highest BCUT2D eigenvalue weighted by atomic mass is 35.5. The number of para-hydroxylation sites is 2. The third-order valence-corrected chi connectivity index (χ3v) is 5.46. The van der Waals surface area contributed by atoms with Crippen molar-refractivity contribution in [3.05, 3.63) is 53.1 Å². The summed E-state index contributed by atoms with van der Waals surface area (Å²) in [7, 11) is -3.71. The average Bonchev–Trinajstić information content (AvgIpc) is 2.60. The van der Waals surface area contributed by atoms with Gasteiger partial charge >= 0.3 is 6.18 Å². The zero-order chi connectivity index (χ0) is 20.7. The molecule has 1 heterocycles. The van der Waals surface area contributed by atoms with E-state index in [2.05, 4.69) is 5.32 Å². The van der Waals surface area contributed by atoms with Crippen LogP contribution in [0.3, 0.4) is 0 Å². The van der Waals surface area contributed by atoms with E-state index in [4.69, 9.17) is 16.3 Å². The maximum Gasteiger partial charge on any atom is 0.416 e. The molecule has 0 fully saturated rings. The molecule has 2 aromatic carbocycles. The molecule has 150 valence electrons. The van der Waals surface area contributed by atoms with E-state index in [-0.39, 0.29) is 28.7 Å². The number of carbonyl (C=O) groups excluding carboxylic acids is 1. The maximum atomic E-state index is 12.9. The van der Waals surface area contributed by atoms with Crippen LogP contribution in [0.2, 0.25) is 5.02 Å². The van der Waals surface area contributed by atoms with Gasteiger partial charge in [0.1, 0.15) is 5.75 Å². The number of fused-ring (bicyclic) bond motifs is 1. The van der Waals surface area contributed by atoms with E-state index in [0.717, 1.165) is 22.7 Å². The number of benzene rings is 2. The zero-order valence-corrected chi connectivity index (χ0v) is 15.9. The molecular formula is C17H14ClF3N2O4S. The van der Waals surface area contributed by atoms with E-state index < -0.39 is 33.8 Å². The van der Waals surface area contributed by atoms with Gasteiger partial charge < -0.3 is 10.1 Å². The molecule has 0 bridgehead atoms. The second-order valence-corrected chi connectivity index (χ2v) is 8.36. The number of hydrogen-bond acceptors (Lipinski definition) is 4. The molecule has 0 aliphatic carbocycles. The predicted octanol–water partition coefficient (Wildman–Crippen LogP) is 3.52. The lowest BCUT2D eigenvalue weighted by molar-refractivity contribution is -0.137. The molecule has 11 heteroatoms. The van der Waals surface area contributed by atoms with E-state index in [0.29, 0.717) is 6.07 Å². The number of hydrogen-bond donors (Lipinski definition) is 1. The third kappa shape index (κ3) is 4.17. The van der Waals surface area contributed by atoms with Crippen LogP contribution in [-0.4, -0.2) is 33.2 Å². The molecule has 1 atom stereocenters. The first kappa shape index (κ1) is 20.3. The Balaban J connectivity index is 1.88. The monoisotopic (exact) mass is 434 g/mol. The molecule has 1 N–H and O–H groups in total. The molecule has 0 spiro atoms. The Hall–Kier alpha value is -2.46. The summed E-state index contributed by atoms with van der Waals surface area (Å²) >= 11 is 5.88. The first-order chi connectivity index (χ1) is 13.0. The van der Waals surface area contributed by atoms with Crippen LogP contribution in [0.15, 0.2) is 42.5 Å². The fraction of sp³-hybridized carbons (Fsp3) is 0.235. The zero-order valence-electron chi connectivity index (χ0n) is 14.3. The van der Waals surface area contributed by atoms with E-state index in [1.54, 1.807) is 12.1 Å². The molecule has 1 amide bonds. The minimum absolute atomic E-state index is 0.0995. The van der Waals surface area contributed by atoms with Crippen LogP contribution >= 0.6 is 11.6 Å². The molecule has 2 aromatic rings. The highest BCUT2D eigenvalue weighted by molar-refractivity contribution is 7.92. The fourth-order valence-electron chi connectivity index (χ4n) is 2.66. The summed E-state index contributed by atoms with van der Waals surface area (Å²) in [6.07, 6.45) is -4.92. The van der Waals surface area contributed by atoms with Gasteiger partial charge in [0.2, 0.25) is 10.0 Å². The highest BCUT2D eigenvalue weighted by Crippen LogP contribution is 2.36. The van der Waals surface area contributed by atoms with Crippen molar-refractivity contribution in [2.24, 2.45) is 0 Å². The summed E-state index contributed by atoms with van der Waals surface area (Å²) in [4.78, 5) is 12.6. The van der Waals surface area contributed by atoms with Gasteiger partial charge in [-0.2, -0.15) is 13.2 Å². The Bertz CT molecular complexity index is 1030. The van der Waals surface area contributed by atoms with Gasteiger partial charge in [0.05, 0.1) is 34.8 Å². The highest BCUT2D eigenvalue weighted by Gasteiger charge is 2.36. The standard InChI is InChI=1S/C17H14ClF3N2O4S/c1-28(25,26)23-9-15(27-14-5-3-2-4-13(14)23)16(24)22-12-8-10(17(19,20)21)6-7-11(12)18/h2-8,15H,9H2,1H3,(H,22,24). The molecule has 0 saturated heterocycles. The van der Waals surface area contributed by atoms with Crippen LogP contribution in [0.1, 0.15) is 5.56 Å². The van der Waals surface area contributed by atoms with Gasteiger partial charge in [-0.3, -0.25) is 9.10 Å². The summed E-state index contributed by atoms with van der Waals surface area (Å²) in [5, 5.41) is 2.18. The number of halogens is 4. The molecule has 3 rings (SSSR count). The molecule has 28 heavy (non-hydrogen) atoms. The third-order valence-electron chi connectivity index (χ3n) is 3.98. The van der Waals surface area contributed by atoms with Crippen molar-refractivity contribution >= 4 is 38.9 Å². The number of alkyl halides is 3. The normalized spacial score (nSPS) is 16.9. The lowest BCUT2D eigenvalue weighted by Gasteiger charge is -2.33. The number of carbonyl (C=O) groups is 1. The smallest absolute Gasteiger partial charge is 0.416 e. The van der Waals surface area contributed by atoms with Crippen molar-refractivity contribution < 1.29 is 31.1 Å². The lowest BCUT2D eigenvalue weighted by atomic mass is 10.1. The second kappa shape index (κ2) is 7.17. The van der Waals surface area contributed by atoms with Gasteiger partial charge in [-0.05, 0) is 30.3 Å². The van der Waals surface area contributed by atoms with Gasteiger partial charge in [0, 0.05) is 0 Å². The number of sulfonamides is 1. The van der Waals surface area contributed by atoms with Crippen LogP contribution in [0.4, 0.5) is 24.5 Å². The predicted molar refractivity (Wildman–Crippen MR) is 98.1 cm³/mol. The van der Waals surface area contributed by atoms with Crippen LogP contribution in [0.25, 0.3) is 0 Å². The SMILES string of the molecule is CS(=O)(=O)N1CC(C(=O)Nc2cc(C(F)(F)F)ccc2Cl)Oc2ccccc21. The van der Waals surface area contributed by atoms with Gasteiger partial charge in [-0.25, -0.2) is 8.42 Å². The summed E-state index contributed by atoms with van der Waals surface area (Å²) < 4.78 is 69.4. The lowest BCUT2D eigenvalue weighted by Crippen LogP contribution is -2.48. The molecule has 0 aromatic heterocycles. The van der Waals surface area contributed by atoms with E-state index in [1.807, 2.05) is 0 Å². The van der Waals surface area contributed by atoms with Crippen LogP contribution in [-0.2, 0) is 21.0 Å². The Morgan fingerprint density at radius 1 is 1.25 bits per heavy atom. The Labute approximate surface area is 163 Å². The Morgan fingerprint density at radius 2 is 1.93 bits per heavy atom. The van der Waals surface area contributed by atoms with Gasteiger partial charge in [-0.15, -0.1) is 0 Å². The van der Waals surface area contributed by atoms with Gasteiger partial charge in [0.25, 0.3) is 5.91 Å². The first-order valence-electron chi connectivity index (χ1n) is 7.88. The summed E-state index contributed by atoms with van der Waals surface area (Å²) in [5.41, 5.74) is -0.971. The minimum atomic E-state index is -4.61. The maximum absolute atomic E-state index is 12.9. The Kier molecular flexibility index (Phi) is 5.20. The van der Waals surface area contributed by atoms with Crippen molar-refractivity contribution in [1.82, 2.24) is 0 Å². The summed E-state index contributed by atoms with van der Waals surface area (Å²) in [5.74, 6) is -0.668. The van der Waals surface area contributed by atoms with Crippen LogP contribution < -0.4 is 14.4 Å². The van der Waals surface area contributed by atoms with Crippen LogP contribution in [0.5, 0.6) is 5.75 Å². The molecule has 1 unspecified atom stereocenters. The number of rotatable bonds is 3. The number of nitrogens with one attached hydrogen (secondary N) is 1. The fourth-order valence-corrected chi connectivity index (χ4v) is 3.74. The quantitative estimate of drug-likeness (QED) is 0.802. The number of nitrogens with zero attached hydrogens (tertiary/aromatic N) is 1. The largest absolute Gasteiger partial charge is 0.476 e. The van der Waals surface area contributed by atoms with Crippen molar-refractivity contribution in [2.75, 3.05) is 22.4 Å². The molecule has 1 aliphatic rings. The molecule has 0 saturated carbocycles. The molecular weight excluding hydrogens is 421 g/mol. The van der Waals surface area contributed by atoms with Gasteiger partial charge in [-0.1, -0.05) is 23.7 Å². The summed E-state index contributed by atoms with van der Waals surface area (Å²) in [6, 6.07) is 8.73. The van der Waals surface area contributed by atoms with Crippen molar-refractivity contribution in [3.63, 3.8) is 0 Å². The van der Waals surface area contributed by atoms with E-state index in [9.17, 15) is 26.4 Å². The average molecular weight is 435 g/mol. The Morgan fingerprint density at radius 3 is 2.57 bits per heavy atom. The number of ether oxygens (including phenoxy) is 1. The van der Waals surface area contributed by atoms with Crippen molar-refractivity contribution in [3.8, 4) is 5.75 Å². The topological polar surface area (TPSA) is 75.7 Å². The first-order valence-corrected chi connectivity index (χ1v) is 10.1. The number of amides is 1. The second-order valence-electron chi connectivity index (χ2n) is 6.05. The number of anilines is 2. The molecule has 6 nitrogen and oxygen atoms in total. The minimum Gasteiger partial charge on any atom is -0.476 e. The summed E-state index contributed by atoms with van der Waals surface area (Å²) in [6.45, 7) is -0.335. The van der Waals surface area contributed by atoms with E-state index >= 15 is 0 Å². The molecule has 0 radical (unpaired) electrons. The van der Waals surface area contributed by atoms with Gasteiger partial charge in [0.15, 0.2) is 6.10 Å². The van der Waals surface area contributed by atoms with Crippen molar-refractivity contribution in [2.45, 2.75) is 12.3 Å².